The highest BCUT2D eigenvalue weighted by molar-refractivity contribution is 5.72. The van der Waals surface area contributed by atoms with Crippen LogP contribution in [-0.2, 0) is 11.3 Å². The average molecular weight is 283 g/mol. The van der Waals surface area contributed by atoms with Crippen LogP contribution >= 0.6 is 0 Å². The van der Waals surface area contributed by atoms with E-state index in [1.54, 1.807) is 0 Å². The molecule has 4 nitrogen and oxygen atoms in total. The zero-order valence-electron chi connectivity index (χ0n) is 12.1. The smallest absolute Gasteiger partial charge is 0.0642 e. The Morgan fingerprint density at radius 2 is 1.81 bits per heavy atom. The molecule has 110 valence electrons. The maximum Gasteiger partial charge on any atom is 0.0642 e. The van der Waals surface area contributed by atoms with Crippen LogP contribution in [0, 0.1) is 0 Å². The fourth-order valence-corrected chi connectivity index (χ4v) is 2.51. The van der Waals surface area contributed by atoms with Gasteiger partial charge in [-0.25, -0.2) is 0 Å². The molecule has 0 spiro atoms. The summed E-state index contributed by atoms with van der Waals surface area (Å²) in [4.78, 5) is 2.33. The Hall–Kier alpha value is -2.20. The van der Waals surface area contributed by atoms with E-state index in [0.29, 0.717) is 0 Å². The molecule has 1 aliphatic rings. The van der Waals surface area contributed by atoms with E-state index < -0.39 is 0 Å². The molecule has 0 unspecified atom stereocenters. The van der Waals surface area contributed by atoms with Crippen molar-refractivity contribution in [1.29, 1.82) is 0 Å². The summed E-state index contributed by atoms with van der Waals surface area (Å²) >= 11 is 0. The van der Waals surface area contributed by atoms with E-state index in [2.05, 4.69) is 34.5 Å². The summed E-state index contributed by atoms with van der Waals surface area (Å²) in [6.07, 6.45) is 0. The van der Waals surface area contributed by atoms with Gasteiger partial charge in [-0.2, -0.15) is 0 Å². The third-order valence-electron chi connectivity index (χ3n) is 3.74. The van der Waals surface area contributed by atoms with E-state index in [1.165, 1.54) is 11.3 Å². The summed E-state index contributed by atoms with van der Waals surface area (Å²) in [6, 6.07) is 16.5. The van der Waals surface area contributed by atoms with Crippen LogP contribution < -0.4 is 16.0 Å². The van der Waals surface area contributed by atoms with Crippen molar-refractivity contribution in [2.75, 3.05) is 42.3 Å². The number of nitrogens with zero attached hydrogens (tertiary/aromatic N) is 1. The summed E-state index contributed by atoms with van der Waals surface area (Å²) in [7, 11) is 0. The van der Waals surface area contributed by atoms with Gasteiger partial charge >= 0.3 is 0 Å². The second kappa shape index (κ2) is 6.50. The number of nitrogen functional groups attached to an aromatic ring is 1. The van der Waals surface area contributed by atoms with Crippen molar-refractivity contribution in [3.63, 3.8) is 0 Å². The molecule has 3 rings (SSSR count). The SMILES string of the molecule is Nc1ccc(N2CCOCC2)cc1NCc1ccccc1. The van der Waals surface area contributed by atoms with Gasteiger partial charge in [0.15, 0.2) is 0 Å². The van der Waals surface area contributed by atoms with Gasteiger partial charge in [0.2, 0.25) is 0 Å². The van der Waals surface area contributed by atoms with Crippen LogP contribution in [-0.4, -0.2) is 26.3 Å². The molecule has 1 aliphatic heterocycles. The number of morpholine rings is 1. The topological polar surface area (TPSA) is 50.5 Å². The van der Waals surface area contributed by atoms with Gasteiger partial charge < -0.3 is 20.7 Å². The Morgan fingerprint density at radius 3 is 2.57 bits per heavy atom. The van der Waals surface area contributed by atoms with E-state index in [1.807, 2.05) is 24.3 Å². The summed E-state index contributed by atoms with van der Waals surface area (Å²) in [5.41, 5.74) is 10.3. The number of benzene rings is 2. The molecule has 0 amide bonds. The highest BCUT2D eigenvalue weighted by atomic mass is 16.5. The third-order valence-corrected chi connectivity index (χ3v) is 3.74. The summed E-state index contributed by atoms with van der Waals surface area (Å²) in [6.45, 7) is 4.22. The Morgan fingerprint density at radius 1 is 1.05 bits per heavy atom. The molecule has 0 atom stereocenters. The van der Waals surface area contributed by atoms with Crippen LogP contribution in [0.4, 0.5) is 17.1 Å². The summed E-state index contributed by atoms with van der Waals surface area (Å²) in [5.74, 6) is 0. The molecule has 0 bridgehead atoms. The van der Waals surface area contributed by atoms with Gasteiger partial charge in [0.25, 0.3) is 0 Å². The van der Waals surface area contributed by atoms with Gasteiger partial charge in [-0.1, -0.05) is 30.3 Å². The normalized spacial score (nSPS) is 15.0. The molecular weight excluding hydrogens is 262 g/mol. The van der Waals surface area contributed by atoms with Crippen LogP contribution in [0.5, 0.6) is 0 Å². The Kier molecular flexibility index (Phi) is 4.26. The van der Waals surface area contributed by atoms with E-state index in [4.69, 9.17) is 10.5 Å². The minimum absolute atomic E-state index is 0.775. The number of hydrogen-bond acceptors (Lipinski definition) is 4. The molecule has 0 radical (unpaired) electrons. The van der Waals surface area contributed by atoms with Crippen LogP contribution in [0.2, 0.25) is 0 Å². The molecule has 0 saturated carbocycles. The molecule has 0 aliphatic carbocycles. The predicted molar refractivity (Wildman–Crippen MR) is 87.7 cm³/mol. The lowest BCUT2D eigenvalue weighted by Crippen LogP contribution is -2.36. The van der Waals surface area contributed by atoms with Gasteiger partial charge in [0, 0.05) is 25.3 Å². The van der Waals surface area contributed by atoms with Crippen LogP contribution in [0.15, 0.2) is 48.5 Å². The number of hydrogen-bond donors (Lipinski definition) is 2. The first kappa shape index (κ1) is 13.8. The first-order valence-electron chi connectivity index (χ1n) is 7.33. The molecule has 1 saturated heterocycles. The molecule has 0 aromatic heterocycles. The first-order valence-corrected chi connectivity index (χ1v) is 7.33. The van der Waals surface area contributed by atoms with E-state index in [-0.39, 0.29) is 0 Å². The fraction of sp³-hybridized carbons (Fsp3) is 0.294. The Labute approximate surface area is 125 Å². The highest BCUT2D eigenvalue weighted by Crippen LogP contribution is 2.26. The monoisotopic (exact) mass is 283 g/mol. The first-order chi connectivity index (χ1) is 10.3. The van der Waals surface area contributed by atoms with E-state index >= 15 is 0 Å². The van der Waals surface area contributed by atoms with E-state index in [9.17, 15) is 0 Å². The molecule has 3 N–H and O–H groups in total. The molecule has 2 aromatic carbocycles. The lowest BCUT2D eigenvalue weighted by atomic mass is 10.2. The zero-order chi connectivity index (χ0) is 14.5. The van der Waals surface area contributed by atoms with Gasteiger partial charge in [-0.3, -0.25) is 0 Å². The van der Waals surface area contributed by atoms with Crippen molar-refractivity contribution < 1.29 is 4.74 Å². The van der Waals surface area contributed by atoms with E-state index in [0.717, 1.165) is 44.2 Å². The van der Waals surface area contributed by atoms with Crippen LogP contribution in [0.1, 0.15) is 5.56 Å². The van der Waals surface area contributed by atoms with Crippen molar-refractivity contribution in [2.45, 2.75) is 6.54 Å². The number of nitrogens with one attached hydrogen (secondary N) is 1. The summed E-state index contributed by atoms with van der Waals surface area (Å²) in [5, 5.41) is 3.43. The number of nitrogens with two attached hydrogens (primary N) is 1. The predicted octanol–water partition coefficient (Wildman–Crippen LogP) is 2.72. The van der Waals surface area contributed by atoms with Crippen molar-refractivity contribution in [1.82, 2.24) is 0 Å². The van der Waals surface area contributed by atoms with Crippen molar-refractivity contribution >= 4 is 17.1 Å². The van der Waals surface area contributed by atoms with Gasteiger partial charge in [-0.05, 0) is 23.8 Å². The third kappa shape index (κ3) is 3.47. The van der Waals surface area contributed by atoms with Crippen molar-refractivity contribution in [3.05, 3.63) is 54.1 Å². The number of rotatable bonds is 4. The highest BCUT2D eigenvalue weighted by Gasteiger charge is 2.12. The second-order valence-electron chi connectivity index (χ2n) is 5.21. The minimum atomic E-state index is 0.775. The molecule has 2 aromatic rings. The lowest BCUT2D eigenvalue weighted by Gasteiger charge is -2.29. The largest absolute Gasteiger partial charge is 0.397 e. The van der Waals surface area contributed by atoms with Crippen molar-refractivity contribution in [2.24, 2.45) is 0 Å². The minimum Gasteiger partial charge on any atom is -0.397 e. The fourth-order valence-electron chi connectivity index (χ4n) is 2.51. The quantitative estimate of drug-likeness (QED) is 0.847. The standard InChI is InChI=1S/C17H21N3O/c18-16-7-6-15(20-8-10-21-11-9-20)12-17(16)19-13-14-4-2-1-3-5-14/h1-7,12,19H,8-11,13,18H2. The Balaban J connectivity index is 1.72. The van der Waals surface area contributed by atoms with Crippen LogP contribution in [0.3, 0.4) is 0 Å². The molecule has 4 heteroatoms. The molecular formula is C17H21N3O. The lowest BCUT2D eigenvalue weighted by molar-refractivity contribution is 0.122. The Bertz CT molecular complexity index is 580. The zero-order valence-corrected chi connectivity index (χ0v) is 12.1. The second-order valence-corrected chi connectivity index (χ2v) is 5.21. The average Bonchev–Trinajstić information content (AvgIpc) is 2.56. The number of ether oxygens (including phenoxy) is 1. The van der Waals surface area contributed by atoms with Gasteiger partial charge in [0.1, 0.15) is 0 Å². The summed E-state index contributed by atoms with van der Waals surface area (Å²) < 4.78 is 5.40. The molecule has 1 fully saturated rings. The van der Waals surface area contributed by atoms with Gasteiger partial charge in [-0.15, -0.1) is 0 Å². The number of anilines is 3. The maximum absolute atomic E-state index is 6.08. The molecule has 21 heavy (non-hydrogen) atoms. The molecule has 1 heterocycles. The van der Waals surface area contributed by atoms with Crippen molar-refractivity contribution in [3.8, 4) is 0 Å². The maximum atomic E-state index is 6.08. The van der Waals surface area contributed by atoms with Gasteiger partial charge in [0.05, 0.1) is 24.6 Å². The van der Waals surface area contributed by atoms with Crippen LogP contribution in [0.25, 0.3) is 0 Å².